The molecule has 13 heteroatoms. The maximum atomic E-state index is 14.3. The standard InChI is InChI=1S/C38H58N4O9/c1-10-12-17-42(18-13-11-2)40-22-28-31-33(44)27(36(50-9)34(28)45)19-23(3)20-30(49-8)32(43)25(5)21-26(6)35(51-38(39)47)29(48-7)16-14-15-24(4)37(46)41-31/h14-16,21-23,25,29-30,32,35,43H,10-13,17-20H2,1-9H3,(H2,39,47)(H,41,46)/b16-14-,24-15-,26-21+,40-22+/t23-,25+,29+,30-,32+,35-/m0/s1. The number of Topliss-reactive ketones (excluding diaryl/α,β-unsaturated/α-hetero) is 2. The predicted octanol–water partition coefficient (Wildman–Crippen LogP) is 4.67. The van der Waals surface area contributed by atoms with Gasteiger partial charge in [0.05, 0.1) is 31.1 Å². The lowest BCUT2D eigenvalue weighted by atomic mass is 9.84. The molecule has 0 unspecified atom stereocenters. The number of fused-ring (bicyclic) bond motifs is 2. The normalized spacial score (nSPS) is 28.5. The second-order valence-corrected chi connectivity index (χ2v) is 13.2. The Bertz CT molecular complexity index is 1420. The number of nitrogens with zero attached hydrogens (tertiary/aromatic N) is 2. The van der Waals surface area contributed by atoms with E-state index < -0.39 is 53.9 Å². The fourth-order valence-corrected chi connectivity index (χ4v) is 6.04. The number of unbranched alkanes of at least 4 members (excludes halogenated alkanes) is 2. The van der Waals surface area contributed by atoms with Crippen molar-refractivity contribution < 1.29 is 43.2 Å². The zero-order chi connectivity index (χ0) is 38.2. The summed E-state index contributed by atoms with van der Waals surface area (Å²) in [6, 6.07) is 0. The Morgan fingerprint density at radius 2 is 1.71 bits per heavy atom. The minimum absolute atomic E-state index is 0.0831. The lowest BCUT2D eigenvalue weighted by Gasteiger charge is -2.30. The van der Waals surface area contributed by atoms with Gasteiger partial charge < -0.3 is 35.1 Å². The average Bonchev–Trinajstić information content (AvgIpc) is 3.09. The average molecular weight is 715 g/mol. The smallest absolute Gasteiger partial charge is 0.405 e. The van der Waals surface area contributed by atoms with E-state index in [2.05, 4.69) is 24.3 Å². The van der Waals surface area contributed by atoms with Gasteiger partial charge in [-0.3, -0.25) is 19.4 Å². The molecule has 284 valence electrons. The Morgan fingerprint density at radius 3 is 2.25 bits per heavy atom. The SMILES string of the molecule is CCCCN(CCCC)/N=C/C1=C2NC(=O)/C(C)=C\C=C/[C@@H](OC)[C@@H](OC(N)=O)/C(C)=C/[C@@H](C)[C@@H](O)[C@@H](OC)C[C@@H](C)CC(=C(OC)C1=O)C2=O. The maximum Gasteiger partial charge on any atom is 0.405 e. The number of hydrazone groups is 1. The number of aliphatic hydroxyl groups is 1. The Labute approximate surface area is 302 Å². The van der Waals surface area contributed by atoms with Gasteiger partial charge in [0, 0.05) is 44.4 Å². The number of primary amides is 1. The quantitative estimate of drug-likeness (QED) is 0.111. The van der Waals surface area contributed by atoms with Crippen LogP contribution in [0.5, 0.6) is 0 Å². The highest BCUT2D eigenvalue weighted by molar-refractivity contribution is 6.32. The van der Waals surface area contributed by atoms with E-state index in [1.165, 1.54) is 33.6 Å². The fraction of sp³-hybridized carbons (Fsp3) is 0.605. The van der Waals surface area contributed by atoms with Crippen LogP contribution in [0, 0.1) is 11.8 Å². The number of hydrogen-bond donors (Lipinski definition) is 3. The Hall–Kier alpha value is -4.07. The van der Waals surface area contributed by atoms with Crippen LogP contribution in [0.3, 0.4) is 0 Å². The molecule has 13 nitrogen and oxygen atoms in total. The first-order chi connectivity index (χ1) is 24.2. The zero-order valence-corrected chi connectivity index (χ0v) is 31.7. The summed E-state index contributed by atoms with van der Waals surface area (Å²) in [4.78, 5) is 53.7. The fourth-order valence-electron chi connectivity index (χ4n) is 6.04. The molecule has 6 atom stereocenters. The van der Waals surface area contributed by atoms with Gasteiger partial charge in [-0.1, -0.05) is 64.8 Å². The number of nitrogens with one attached hydrogen (secondary N) is 1. The molecule has 0 aromatic heterocycles. The van der Waals surface area contributed by atoms with Gasteiger partial charge in [-0.15, -0.1) is 0 Å². The van der Waals surface area contributed by atoms with Crippen LogP contribution in [0.1, 0.15) is 80.1 Å². The summed E-state index contributed by atoms with van der Waals surface area (Å²) < 4.78 is 22.3. The van der Waals surface area contributed by atoms with Crippen molar-refractivity contribution >= 4 is 29.8 Å². The van der Waals surface area contributed by atoms with Crippen molar-refractivity contribution in [3.05, 3.63) is 58.1 Å². The van der Waals surface area contributed by atoms with E-state index in [0.29, 0.717) is 25.1 Å². The molecule has 2 rings (SSSR count). The third-order valence-corrected chi connectivity index (χ3v) is 9.03. The van der Waals surface area contributed by atoms with E-state index in [1.807, 2.05) is 11.9 Å². The van der Waals surface area contributed by atoms with Crippen molar-refractivity contribution in [1.82, 2.24) is 10.3 Å². The van der Waals surface area contributed by atoms with E-state index in [4.69, 9.17) is 24.7 Å². The molecule has 2 aliphatic rings. The summed E-state index contributed by atoms with van der Waals surface area (Å²) in [5, 5.41) is 20.5. The molecular formula is C38H58N4O9. The van der Waals surface area contributed by atoms with Crippen molar-refractivity contribution in [2.45, 2.75) is 104 Å². The van der Waals surface area contributed by atoms with Gasteiger partial charge >= 0.3 is 6.09 Å². The van der Waals surface area contributed by atoms with Crippen LogP contribution in [-0.2, 0) is 33.3 Å². The number of nitrogens with two attached hydrogens (primary N) is 1. The van der Waals surface area contributed by atoms with E-state index >= 15 is 0 Å². The molecule has 2 amide bonds. The third kappa shape index (κ3) is 12.3. The topological polar surface area (TPSA) is 179 Å². The molecule has 1 heterocycles. The molecule has 2 bridgehead atoms. The van der Waals surface area contributed by atoms with Crippen LogP contribution in [0.2, 0.25) is 0 Å². The summed E-state index contributed by atoms with van der Waals surface area (Å²) in [7, 11) is 4.26. The number of ketones is 2. The lowest BCUT2D eigenvalue weighted by molar-refractivity contribution is -0.121. The van der Waals surface area contributed by atoms with Gasteiger partial charge in [0.1, 0.15) is 11.8 Å². The minimum Gasteiger partial charge on any atom is -0.492 e. The first-order valence-corrected chi connectivity index (χ1v) is 17.7. The monoisotopic (exact) mass is 714 g/mol. The third-order valence-electron chi connectivity index (χ3n) is 9.03. The first kappa shape index (κ1) is 43.1. The molecule has 0 spiro atoms. The number of amides is 2. The van der Waals surface area contributed by atoms with Crippen LogP contribution in [0.25, 0.3) is 0 Å². The number of aliphatic hydroxyl groups excluding tert-OH is 1. The van der Waals surface area contributed by atoms with Crippen LogP contribution in [-0.4, -0.2) is 98.7 Å². The van der Waals surface area contributed by atoms with E-state index in [9.17, 15) is 24.3 Å². The van der Waals surface area contributed by atoms with Crippen LogP contribution in [0.4, 0.5) is 4.79 Å². The number of carbonyl (C=O) groups is 4. The second-order valence-electron chi connectivity index (χ2n) is 13.2. The van der Waals surface area contributed by atoms with Crippen molar-refractivity contribution in [2.24, 2.45) is 22.7 Å². The number of allylic oxidation sites excluding steroid dienone is 4. The van der Waals surface area contributed by atoms with Gasteiger partial charge in [-0.25, -0.2) is 4.79 Å². The summed E-state index contributed by atoms with van der Waals surface area (Å²) in [6.07, 6.45) is 7.45. The van der Waals surface area contributed by atoms with E-state index in [0.717, 1.165) is 25.7 Å². The zero-order valence-electron chi connectivity index (χ0n) is 31.7. The summed E-state index contributed by atoms with van der Waals surface area (Å²) in [5.74, 6) is -2.61. The molecule has 0 saturated carbocycles. The molecule has 1 aliphatic carbocycles. The number of carbonyl (C=O) groups excluding carboxylic acids is 4. The lowest BCUT2D eigenvalue weighted by Crippen LogP contribution is -2.38. The van der Waals surface area contributed by atoms with Gasteiger partial charge in [-0.05, 0) is 51.0 Å². The summed E-state index contributed by atoms with van der Waals surface area (Å²) >= 11 is 0. The number of methoxy groups -OCH3 is 3. The molecule has 0 saturated heterocycles. The molecule has 1 aliphatic heterocycles. The van der Waals surface area contributed by atoms with E-state index in [1.54, 1.807) is 39.0 Å². The molecular weight excluding hydrogens is 656 g/mol. The second kappa shape index (κ2) is 21.3. The highest BCUT2D eigenvalue weighted by atomic mass is 16.6. The van der Waals surface area contributed by atoms with Crippen molar-refractivity contribution in [3.8, 4) is 0 Å². The summed E-state index contributed by atoms with van der Waals surface area (Å²) in [6.45, 7) is 12.5. The number of ether oxygens (including phenoxy) is 4. The number of rotatable bonds is 12. The molecule has 4 N–H and O–H groups in total. The highest BCUT2D eigenvalue weighted by Crippen LogP contribution is 2.31. The Kier molecular flexibility index (Phi) is 18.0. The highest BCUT2D eigenvalue weighted by Gasteiger charge is 2.38. The maximum absolute atomic E-state index is 14.3. The minimum atomic E-state index is -1.01. The summed E-state index contributed by atoms with van der Waals surface area (Å²) in [5.41, 5.74) is 6.02. The van der Waals surface area contributed by atoms with Crippen LogP contribution < -0.4 is 11.1 Å². The van der Waals surface area contributed by atoms with Gasteiger partial charge in [0.25, 0.3) is 5.91 Å². The molecule has 0 fully saturated rings. The van der Waals surface area contributed by atoms with Gasteiger partial charge in [0.2, 0.25) is 11.6 Å². The Morgan fingerprint density at radius 1 is 1.06 bits per heavy atom. The van der Waals surface area contributed by atoms with Crippen LogP contribution in [0.15, 0.2) is 63.2 Å². The molecule has 0 aromatic rings. The van der Waals surface area contributed by atoms with Crippen LogP contribution >= 0.6 is 0 Å². The molecule has 0 radical (unpaired) electrons. The van der Waals surface area contributed by atoms with Gasteiger partial charge in [0.15, 0.2) is 11.9 Å². The van der Waals surface area contributed by atoms with Gasteiger partial charge in [-0.2, -0.15) is 5.10 Å². The molecule has 51 heavy (non-hydrogen) atoms. The number of hydrogen-bond acceptors (Lipinski definition) is 11. The van der Waals surface area contributed by atoms with E-state index in [-0.39, 0.29) is 40.5 Å². The largest absolute Gasteiger partial charge is 0.492 e. The van der Waals surface area contributed by atoms with Crippen molar-refractivity contribution in [3.63, 3.8) is 0 Å². The molecule has 0 aromatic carbocycles. The Balaban J connectivity index is 2.77. The van der Waals surface area contributed by atoms with Crippen molar-refractivity contribution in [2.75, 3.05) is 34.4 Å². The predicted molar refractivity (Wildman–Crippen MR) is 195 cm³/mol. The first-order valence-electron chi connectivity index (χ1n) is 17.7. The van der Waals surface area contributed by atoms with Crippen molar-refractivity contribution in [1.29, 1.82) is 0 Å².